The van der Waals surface area contributed by atoms with Gasteiger partial charge in [0.1, 0.15) is 11.5 Å². The molecule has 3 nitrogen and oxygen atoms in total. The smallest absolute Gasteiger partial charge is 0.225 e. The highest BCUT2D eigenvalue weighted by Crippen LogP contribution is 2.16. The highest BCUT2D eigenvalue weighted by molar-refractivity contribution is 6.63. The Kier molecular flexibility index (Phi) is 4.26. The van der Waals surface area contributed by atoms with E-state index in [-0.39, 0.29) is 6.42 Å². The molecule has 0 aliphatic heterocycles. The van der Waals surface area contributed by atoms with E-state index in [2.05, 4.69) is 0 Å². The summed E-state index contributed by atoms with van der Waals surface area (Å²) in [5.74, 6) is 1.47. The number of hydrogen-bond donors (Lipinski definition) is 0. The fraction of sp³-hybridized carbons (Fsp3) is 0.300. The van der Waals surface area contributed by atoms with Crippen LogP contribution in [0.3, 0.4) is 0 Å². The number of ether oxygens (including phenoxy) is 2. The van der Waals surface area contributed by atoms with Crippen LogP contribution in [0.4, 0.5) is 0 Å². The highest BCUT2D eigenvalue weighted by atomic mass is 35.5. The third kappa shape index (κ3) is 3.66. The van der Waals surface area contributed by atoms with Gasteiger partial charge in [0.15, 0.2) is 0 Å². The molecule has 1 aromatic carbocycles. The maximum Gasteiger partial charge on any atom is 0.225 e. The molecule has 4 heteroatoms. The molecule has 14 heavy (non-hydrogen) atoms. The molecule has 0 radical (unpaired) electrons. The lowest BCUT2D eigenvalue weighted by Crippen LogP contribution is -2.00. The van der Waals surface area contributed by atoms with Crippen LogP contribution in [0, 0.1) is 0 Å². The van der Waals surface area contributed by atoms with E-state index in [0.29, 0.717) is 12.4 Å². The largest absolute Gasteiger partial charge is 0.497 e. The van der Waals surface area contributed by atoms with Crippen molar-refractivity contribution in [3.8, 4) is 11.5 Å². The molecule has 0 heterocycles. The molecule has 0 amide bonds. The van der Waals surface area contributed by atoms with Gasteiger partial charge in [-0.1, -0.05) is 0 Å². The second-order valence-corrected chi connectivity index (χ2v) is 3.05. The maximum atomic E-state index is 10.4. The summed E-state index contributed by atoms with van der Waals surface area (Å²) in [5.41, 5.74) is 0. The number of halogens is 1. The van der Waals surface area contributed by atoms with Crippen molar-refractivity contribution in [1.29, 1.82) is 0 Å². The predicted molar refractivity (Wildman–Crippen MR) is 54.0 cm³/mol. The van der Waals surface area contributed by atoms with Crippen LogP contribution in [0.15, 0.2) is 24.3 Å². The van der Waals surface area contributed by atoms with Crippen molar-refractivity contribution in [3.05, 3.63) is 24.3 Å². The van der Waals surface area contributed by atoms with Gasteiger partial charge in [0.05, 0.1) is 20.1 Å². The Balaban J connectivity index is 2.40. The number of carbonyl (C=O) groups is 1. The van der Waals surface area contributed by atoms with Crippen LogP contribution in [0.1, 0.15) is 6.42 Å². The van der Waals surface area contributed by atoms with E-state index in [4.69, 9.17) is 21.1 Å². The second kappa shape index (κ2) is 5.50. The molecular weight excluding hydrogens is 204 g/mol. The van der Waals surface area contributed by atoms with E-state index in [9.17, 15) is 4.79 Å². The van der Waals surface area contributed by atoms with Crippen molar-refractivity contribution in [3.63, 3.8) is 0 Å². The van der Waals surface area contributed by atoms with E-state index in [1.807, 2.05) is 0 Å². The van der Waals surface area contributed by atoms with Crippen LogP contribution >= 0.6 is 11.6 Å². The monoisotopic (exact) mass is 214 g/mol. The number of carbonyl (C=O) groups excluding carboxylic acids is 1. The second-order valence-electron chi connectivity index (χ2n) is 2.63. The van der Waals surface area contributed by atoms with Gasteiger partial charge in [0, 0.05) is 0 Å². The molecule has 1 aromatic rings. The molecule has 0 aromatic heterocycles. The molecule has 0 N–H and O–H groups in total. The van der Waals surface area contributed by atoms with Gasteiger partial charge in [-0.2, -0.15) is 0 Å². The van der Waals surface area contributed by atoms with E-state index in [1.165, 1.54) is 0 Å². The molecule has 0 unspecified atom stereocenters. The van der Waals surface area contributed by atoms with E-state index >= 15 is 0 Å². The van der Waals surface area contributed by atoms with Gasteiger partial charge in [-0.3, -0.25) is 4.79 Å². The van der Waals surface area contributed by atoms with Gasteiger partial charge in [-0.15, -0.1) is 0 Å². The van der Waals surface area contributed by atoms with Crippen molar-refractivity contribution < 1.29 is 14.3 Å². The molecule has 0 aliphatic carbocycles. The zero-order valence-electron chi connectivity index (χ0n) is 7.83. The zero-order chi connectivity index (χ0) is 10.4. The lowest BCUT2D eigenvalue weighted by atomic mass is 10.3. The normalized spacial score (nSPS) is 9.57. The first-order valence-corrected chi connectivity index (χ1v) is 4.55. The Hall–Kier alpha value is -1.22. The summed E-state index contributed by atoms with van der Waals surface area (Å²) >= 11 is 5.15. The van der Waals surface area contributed by atoms with Crippen LogP contribution < -0.4 is 9.47 Å². The third-order valence-electron chi connectivity index (χ3n) is 1.63. The SMILES string of the molecule is COc1ccc(OCCC(=O)Cl)cc1. The Bertz CT molecular complexity index is 295. The van der Waals surface area contributed by atoms with Gasteiger partial charge in [-0.25, -0.2) is 0 Å². The lowest BCUT2D eigenvalue weighted by molar-refractivity contribution is -0.112. The minimum absolute atomic E-state index is 0.216. The summed E-state index contributed by atoms with van der Waals surface area (Å²) in [5, 5.41) is -0.390. The lowest BCUT2D eigenvalue weighted by Gasteiger charge is -2.04. The summed E-state index contributed by atoms with van der Waals surface area (Å²) in [7, 11) is 1.60. The quantitative estimate of drug-likeness (QED) is 0.706. The summed E-state index contributed by atoms with van der Waals surface area (Å²) in [6, 6.07) is 7.13. The van der Waals surface area contributed by atoms with E-state index in [0.717, 1.165) is 5.75 Å². The molecule has 0 bridgehead atoms. The fourth-order valence-corrected chi connectivity index (χ4v) is 0.998. The molecular formula is C10H11ClO3. The molecule has 0 aliphatic rings. The molecule has 0 saturated heterocycles. The average molecular weight is 215 g/mol. The molecule has 0 saturated carbocycles. The van der Waals surface area contributed by atoms with Crippen LogP contribution in [-0.2, 0) is 4.79 Å². The third-order valence-corrected chi connectivity index (χ3v) is 1.82. The van der Waals surface area contributed by atoms with E-state index < -0.39 is 5.24 Å². The average Bonchev–Trinajstić information content (AvgIpc) is 2.18. The first-order chi connectivity index (χ1) is 6.72. The Morgan fingerprint density at radius 1 is 1.29 bits per heavy atom. The molecule has 0 atom stereocenters. The summed E-state index contributed by atoms with van der Waals surface area (Å²) < 4.78 is 10.2. The molecule has 0 spiro atoms. The van der Waals surface area contributed by atoms with Crippen molar-refractivity contribution in [2.45, 2.75) is 6.42 Å². The van der Waals surface area contributed by atoms with Crippen molar-refractivity contribution >= 4 is 16.8 Å². The van der Waals surface area contributed by atoms with Crippen molar-refractivity contribution in [1.82, 2.24) is 0 Å². The fourth-order valence-electron chi connectivity index (χ4n) is 0.921. The van der Waals surface area contributed by atoms with Crippen LogP contribution in [0.25, 0.3) is 0 Å². The summed E-state index contributed by atoms with van der Waals surface area (Å²) in [6.07, 6.45) is 0.216. The summed E-state index contributed by atoms with van der Waals surface area (Å²) in [6.45, 7) is 0.300. The topological polar surface area (TPSA) is 35.5 Å². The molecule has 0 fully saturated rings. The highest BCUT2D eigenvalue weighted by Gasteiger charge is 1.98. The molecule has 1 rings (SSSR count). The number of rotatable bonds is 5. The maximum absolute atomic E-state index is 10.4. The van der Waals surface area contributed by atoms with Gasteiger partial charge < -0.3 is 9.47 Å². The van der Waals surface area contributed by atoms with Gasteiger partial charge >= 0.3 is 0 Å². The first-order valence-electron chi connectivity index (χ1n) is 4.17. The van der Waals surface area contributed by atoms with Crippen molar-refractivity contribution in [2.75, 3.05) is 13.7 Å². The number of benzene rings is 1. The Morgan fingerprint density at radius 3 is 2.36 bits per heavy atom. The Morgan fingerprint density at radius 2 is 1.86 bits per heavy atom. The van der Waals surface area contributed by atoms with Crippen LogP contribution in [-0.4, -0.2) is 19.0 Å². The Labute approximate surface area is 87.6 Å². The molecule has 76 valence electrons. The minimum Gasteiger partial charge on any atom is -0.497 e. The van der Waals surface area contributed by atoms with Crippen LogP contribution in [0.2, 0.25) is 0 Å². The number of methoxy groups -OCH3 is 1. The van der Waals surface area contributed by atoms with Gasteiger partial charge in [0.25, 0.3) is 0 Å². The summed E-state index contributed by atoms with van der Waals surface area (Å²) in [4.78, 5) is 10.4. The van der Waals surface area contributed by atoms with E-state index in [1.54, 1.807) is 31.4 Å². The van der Waals surface area contributed by atoms with Crippen molar-refractivity contribution in [2.24, 2.45) is 0 Å². The van der Waals surface area contributed by atoms with Gasteiger partial charge in [-0.05, 0) is 35.9 Å². The number of hydrogen-bond acceptors (Lipinski definition) is 3. The minimum atomic E-state index is -0.390. The standard InChI is InChI=1S/C10H11ClO3/c1-13-8-2-4-9(5-3-8)14-7-6-10(11)12/h2-5H,6-7H2,1H3. The van der Waals surface area contributed by atoms with Gasteiger partial charge in [0.2, 0.25) is 5.24 Å². The zero-order valence-corrected chi connectivity index (χ0v) is 8.58. The first kappa shape index (κ1) is 10.9. The predicted octanol–water partition coefficient (Wildman–Crippen LogP) is 2.23. The van der Waals surface area contributed by atoms with Crippen LogP contribution in [0.5, 0.6) is 11.5 Å².